The van der Waals surface area contributed by atoms with E-state index in [0.717, 1.165) is 17.5 Å². The molecular weight excluding hydrogens is 200 g/mol. The zero-order valence-corrected chi connectivity index (χ0v) is 9.25. The van der Waals surface area contributed by atoms with Crippen molar-refractivity contribution in [3.8, 4) is 0 Å². The summed E-state index contributed by atoms with van der Waals surface area (Å²) in [5.41, 5.74) is 2.15. The number of hydrogen-bond acceptors (Lipinski definition) is 3. The molecule has 4 heteroatoms. The molecule has 0 aliphatic carbocycles. The Hall–Kier alpha value is -1.09. The Balaban J connectivity index is 0.00000169. The summed E-state index contributed by atoms with van der Waals surface area (Å²) < 4.78 is 0. The molecule has 0 fully saturated rings. The highest BCUT2D eigenvalue weighted by atomic mass is 35.5. The summed E-state index contributed by atoms with van der Waals surface area (Å²) in [5, 5.41) is 3.84. The molecule has 14 heavy (non-hydrogen) atoms. The van der Waals surface area contributed by atoms with Crippen LogP contribution in [-0.2, 0) is 4.84 Å². The zero-order valence-electron chi connectivity index (χ0n) is 8.43. The molecule has 0 aromatic carbocycles. The van der Waals surface area contributed by atoms with Gasteiger partial charge in [0.2, 0.25) is 0 Å². The van der Waals surface area contributed by atoms with Crippen molar-refractivity contribution in [3.05, 3.63) is 29.6 Å². The maximum atomic E-state index is 4.99. The van der Waals surface area contributed by atoms with Gasteiger partial charge in [-0.2, -0.15) is 0 Å². The smallest absolute Gasteiger partial charge is 0.116 e. The van der Waals surface area contributed by atoms with Gasteiger partial charge in [-0.05, 0) is 25.0 Å². The summed E-state index contributed by atoms with van der Waals surface area (Å²) in [7, 11) is 0. The number of rotatable bonds is 4. The van der Waals surface area contributed by atoms with E-state index in [1.54, 1.807) is 18.6 Å². The second-order valence-electron chi connectivity index (χ2n) is 2.80. The Bertz CT molecular complexity index is 289. The van der Waals surface area contributed by atoms with Crippen LogP contribution in [0.3, 0.4) is 0 Å². The van der Waals surface area contributed by atoms with Gasteiger partial charge in [0, 0.05) is 18.0 Å². The molecule has 0 radical (unpaired) electrons. The van der Waals surface area contributed by atoms with Crippen molar-refractivity contribution in [3.63, 3.8) is 0 Å². The molecule has 0 spiro atoms. The molecule has 3 nitrogen and oxygen atoms in total. The van der Waals surface area contributed by atoms with E-state index in [0.29, 0.717) is 6.61 Å². The first kappa shape index (κ1) is 12.9. The van der Waals surface area contributed by atoms with Crippen LogP contribution in [0.5, 0.6) is 0 Å². The van der Waals surface area contributed by atoms with E-state index in [4.69, 9.17) is 4.84 Å². The predicted octanol–water partition coefficient (Wildman–Crippen LogP) is 2.57. The lowest BCUT2D eigenvalue weighted by Gasteiger charge is -1.97. The zero-order chi connectivity index (χ0) is 9.52. The summed E-state index contributed by atoms with van der Waals surface area (Å²) in [5.74, 6) is 0. The van der Waals surface area contributed by atoms with Gasteiger partial charge >= 0.3 is 0 Å². The Labute approximate surface area is 90.6 Å². The van der Waals surface area contributed by atoms with Gasteiger partial charge in [-0.3, -0.25) is 4.98 Å². The van der Waals surface area contributed by atoms with Crippen LogP contribution in [-0.4, -0.2) is 17.8 Å². The summed E-state index contributed by atoms with van der Waals surface area (Å²) in [6.07, 6.45) is 6.24. The number of aromatic nitrogens is 1. The van der Waals surface area contributed by atoms with Gasteiger partial charge < -0.3 is 4.84 Å². The Morgan fingerprint density at radius 2 is 2.36 bits per heavy atom. The summed E-state index contributed by atoms with van der Waals surface area (Å²) in [6.45, 7) is 4.71. The fraction of sp³-hybridized carbons (Fsp3) is 0.400. The number of pyridine rings is 1. The van der Waals surface area contributed by atoms with Gasteiger partial charge in [0.15, 0.2) is 0 Å². The molecule has 0 amide bonds. The molecule has 1 aromatic rings. The minimum Gasteiger partial charge on any atom is -0.396 e. The Morgan fingerprint density at radius 3 is 3.00 bits per heavy atom. The van der Waals surface area contributed by atoms with Crippen LogP contribution in [0, 0.1) is 6.92 Å². The minimum atomic E-state index is 0. The SMILES string of the molecule is CCCO/N=C/c1ccncc1C.Cl. The standard InChI is InChI=1S/C10H14N2O.ClH/c1-3-6-13-12-8-10-4-5-11-7-9(10)2;/h4-5,7-8H,3,6H2,1-2H3;1H/b12-8+;. The van der Waals surface area contributed by atoms with Gasteiger partial charge in [0.1, 0.15) is 6.61 Å². The quantitative estimate of drug-likeness (QED) is 0.439. The number of nitrogens with zero attached hydrogens (tertiary/aromatic N) is 2. The first-order chi connectivity index (χ1) is 6.34. The number of aryl methyl sites for hydroxylation is 1. The van der Waals surface area contributed by atoms with E-state index in [-0.39, 0.29) is 12.4 Å². The summed E-state index contributed by atoms with van der Waals surface area (Å²) in [6, 6.07) is 1.91. The molecule has 0 atom stereocenters. The van der Waals surface area contributed by atoms with Crippen molar-refractivity contribution in [2.45, 2.75) is 20.3 Å². The average Bonchev–Trinajstić information content (AvgIpc) is 2.15. The van der Waals surface area contributed by atoms with Gasteiger partial charge in [0.05, 0.1) is 6.21 Å². The molecule has 1 aromatic heterocycles. The number of hydrogen-bond donors (Lipinski definition) is 0. The lowest BCUT2D eigenvalue weighted by molar-refractivity contribution is 0.146. The second kappa shape index (κ2) is 7.33. The molecule has 0 aliphatic heterocycles. The van der Waals surface area contributed by atoms with Crippen LogP contribution in [0.25, 0.3) is 0 Å². The minimum absolute atomic E-state index is 0. The van der Waals surface area contributed by atoms with Gasteiger partial charge in [-0.15, -0.1) is 12.4 Å². The average molecular weight is 215 g/mol. The Kier molecular flexibility index (Phi) is 6.76. The first-order valence-electron chi connectivity index (χ1n) is 4.40. The van der Waals surface area contributed by atoms with Crippen LogP contribution in [0.1, 0.15) is 24.5 Å². The third-order valence-corrected chi connectivity index (χ3v) is 1.63. The van der Waals surface area contributed by atoms with Crippen molar-refractivity contribution in [2.24, 2.45) is 5.16 Å². The molecule has 0 N–H and O–H groups in total. The second-order valence-corrected chi connectivity index (χ2v) is 2.80. The predicted molar refractivity (Wildman–Crippen MR) is 60.1 cm³/mol. The lowest BCUT2D eigenvalue weighted by atomic mass is 10.2. The highest BCUT2D eigenvalue weighted by Crippen LogP contribution is 2.01. The van der Waals surface area contributed by atoms with E-state index in [9.17, 15) is 0 Å². The maximum absolute atomic E-state index is 4.99. The third-order valence-electron chi connectivity index (χ3n) is 1.63. The van der Waals surface area contributed by atoms with Crippen LogP contribution in [0.15, 0.2) is 23.6 Å². The van der Waals surface area contributed by atoms with E-state index >= 15 is 0 Å². The largest absolute Gasteiger partial charge is 0.396 e. The van der Waals surface area contributed by atoms with Crippen LogP contribution < -0.4 is 0 Å². The fourth-order valence-electron chi connectivity index (χ4n) is 0.867. The molecule has 0 unspecified atom stereocenters. The third kappa shape index (κ3) is 4.23. The first-order valence-corrected chi connectivity index (χ1v) is 4.40. The number of oxime groups is 1. The normalized spacial score (nSPS) is 9.86. The van der Waals surface area contributed by atoms with E-state index in [1.807, 2.05) is 19.9 Å². The molecule has 0 saturated carbocycles. The maximum Gasteiger partial charge on any atom is 0.116 e. The number of halogens is 1. The topological polar surface area (TPSA) is 34.5 Å². The molecule has 1 heterocycles. The van der Waals surface area contributed by atoms with Crippen LogP contribution in [0.4, 0.5) is 0 Å². The summed E-state index contributed by atoms with van der Waals surface area (Å²) >= 11 is 0. The lowest BCUT2D eigenvalue weighted by Crippen LogP contribution is -1.90. The highest BCUT2D eigenvalue weighted by Gasteiger charge is 1.91. The molecule has 0 bridgehead atoms. The monoisotopic (exact) mass is 214 g/mol. The van der Waals surface area contributed by atoms with Crippen molar-refractivity contribution in [1.29, 1.82) is 0 Å². The highest BCUT2D eigenvalue weighted by molar-refractivity contribution is 5.85. The molecular formula is C10H15ClN2O. The van der Waals surface area contributed by atoms with E-state index in [1.165, 1.54) is 0 Å². The van der Waals surface area contributed by atoms with Gasteiger partial charge in [0.25, 0.3) is 0 Å². The molecule has 1 rings (SSSR count). The van der Waals surface area contributed by atoms with Crippen molar-refractivity contribution < 1.29 is 4.84 Å². The van der Waals surface area contributed by atoms with Crippen molar-refractivity contribution in [1.82, 2.24) is 4.98 Å². The molecule has 78 valence electrons. The van der Waals surface area contributed by atoms with Crippen molar-refractivity contribution in [2.75, 3.05) is 6.61 Å². The van der Waals surface area contributed by atoms with Crippen LogP contribution in [0.2, 0.25) is 0 Å². The molecule has 0 aliphatic rings. The molecule has 0 saturated heterocycles. The van der Waals surface area contributed by atoms with E-state index in [2.05, 4.69) is 10.1 Å². The van der Waals surface area contributed by atoms with Crippen molar-refractivity contribution >= 4 is 18.6 Å². The van der Waals surface area contributed by atoms with Crippen LogP contribution >= 0.6 is 12.4 Å². The van der Waals surface area contributed by atoms with E-state index < -0.39 is 0 Å². The van der Waals surface area contributed by atoms with Gasteiger partial charge in [-0.1, -0.05) is 12.1 Å². The Morgan fingerprint density at radius 1 is 1.57 bits per heavy atom. The fourth-order valence-corrected chi connectivity index (χ4v) is 0.867. The van der Waals surface area contributed by atoms with Gasteiger partial charge in [-0.25, -0.2) is 0 Å². The summed E-state index contributed by atoms with van der Waals surface area (Å²) in [4.78, 5) is 8.98.